The fourth-order valence-corrected chi connectivity index (χ4v) is 1.65. The summed E-state index contributed by atoms with van der Waals surface area (Å²) in [5.41, 5.74) is 6.90. The molecule has 0 fully saturated rings. The highest BCUT2D eigenvalue weighted by Crippen LogP contribution is 2.13. The molecule has 0 amide bonds. The topological polar surface area (TPSA) is 38.5 Å². The molecule has 3 heteroatoms. The van der Waals surface area contributed by atoms with Crippen LogP contribution >= 0.6 is 0 Å². The molecule has 0 bridgehead atoms. The fourth-order valence-electron chi connectivity index (χ4n) is 1.65. The summed E-state index contributed by atoms with van der Waals surface area (Å²) in [6, 6.07) is 8.72. The van der Waals surface area contributed by atoms with E-state index < -0.39 is 0 Å². The Kier molecular flexibility index (Phi) is 5.29. The van der Waals surface area contributed by atoms with E-state index >= 15 is 0 Å². The van der Waals surface area contributed by atoms with Crippen LogP contribution in [-0.2, 0) is 6.54 Å². The van der Waals surface area contributed by atoms with Gasteiger partial charge in [-0.05, 0) is 31.5 Å². The molecule has 16 heavy (non-hydrogen) atoms. The lowest BCUT2D eigenvalue weighted by molar-refractivity contribution is 0.219. The summed E-state index contributed by atoms with van der Waals surface area (Å²) < 4.78 is 5.14. The maximum absolute atomic E-state index is 5.60. The zero-order valence-electron chi connectivity index (χ0n) is 10.4. The molecule has 0 aromatic heterocycles. The van der Waals surface area contributed by atoms with Gasteiger partial charge >= 0.3 is 0 Å². The number of hydrogen-bond donors (Lipinski definition) is 1. The monoisotopic (exact) mass is 222 g/mol. The minimum absolute atomic E-state index is 0.519. The second-order valence-electron chi connectivity index (χ2n) is 4.20. The van der Waals surface area contributed by atoms with Crippen LogP contribution in [0.4, 0.5) is 0 Å². The average molecular weight is 222 g/mol. The second-order valence-corrected chi connectivity index (χ2v) is 4.20. The van der Waals surface area contributed by atoms with Crippen LogP contribution in [0, 0.1) is 0 Å². The standard InChI is InChI=1S/C13H22N2O/c1-11(2)15(9-8-14)10-12-4-6-13(16-3)7-5-12/h4-7,11H,8-10,14H2,1-3H3. The van der Waals surface area contributed by atoms with Gasteiger partial charge in [-0.15, -0.1) is 0 Å². The zero-order valence-corrected chi connectivity index (χ0v) is 10.4. The maximum atomic E-state index is 5.60. The average Bonchev–Trinajstić information content (AvgIpc) is 2.29. The summed E-state index contributed by atoms with van der Waals surface area (Å²) in [7, 11) is 1.68. The highest BCUT2D eigenvalue weighted by atomic mass is 16.5. The third-order valence-corrected chi connectivity index (χ3v) is 2.69. The van der Waals surface area contributed by atoms with Crippen molar-refractivity contribution in [3.05, 3.63) is 29.8 Å². The van der Waals surface area contributed by atoms with E-state index in [1.165, 1.54) is 5.56 Å². The Morgan fingerprint density at radius 1 is 1.25 bits per heavy atom. The molecule has 0 aliphatic carbocycles. The van der Waals surface area contributed by atoms with Crippen LogP contribution in [0.3, 0.4) is 0 Å². The van der Waals surface area contributed by atoms with E-state index in [1.807, 2.05) is 12.1 Å². The highest BCUT2D eigenvalue weighted by molar-refractivity contribution is 5.27. The molecule has 1 aromatic rings. The van der Waals surface area contributed by atoms with Gasteiger partial charge in [0.1, 0.15) is 5.75 Å². The van der Waals surface area contributed by atoms with Gasteiger partial charge in [0.05, 0.1) is 7.11 Å². The van der Waals surface area contributed by atoms with Gasteiger partial charge in [0.2, 0.25) is 0 Å². The molecular weight excluding hydrogens is 200 g/mol. The van der Waals surface area contributed by atoms with Crippen molar-refractivity contribution in [3.8, 4) is 5.75 Å². The molecule has 1 aromatic carbocycles. The van der Waals surface area contributed by atoms with Crippen molar-refractivity contribution in [1.29, 1.82) is 0 Å². The normalized spacial score (nSPS) is 11.1. The van der Waals surface area contributed by atoms with Crippen LogP contribution in [0.2, 0.25) is 0 Å². The summed E-state index contributed by atoms with van der Waals surface area (Å²) in [6.07, 6.45) is 0. The van der Waals surface area contributed by atoms with E-state index in [2.05, 4.69) is 30.9 Å². The minimum atomic E-state index is 0.519. The van der Waals surface area contributed by atoms with Crippen molar-refractivity contribution in [3.63, 3.8) is 0 Å². The molecule has 3 nitrogen and oxygen atoms in total. The molecular formula is C13H22N2O. The Morgan fingerprint density at radius 2 is 1.88 bits per heavy atom. The van der Waals surface area contributed by atoms with E-state index in [1.54, 1.807) is 7.11 Å². The number of hydrogen-bond acceptors (Lipinski definition) is 3. The van der Waals surface area contributed by atoms with Crippen molar-refractivity contribution in [1.82, 2.24) is 4.90 Å². The predicted molar refractivity (Wildman–Crippen MR) is 67.6 cm³/mol. The third kappa shape index (κ3) is 3.83. The Labute approximate surface area is 98.2 Å². The van der Waals surface area contributed by atoms with E-state index in [9.17, 15) is 0 Å². The SMILES string of the molecule is COc1ccc(CN(CCN)C(C)C)cc1. The zero-order chi connectivity index (χ0) is 12.0. The Morgan fingerprint density at radius 3 is 2.31 bits per heavy atom. The lowest BCUT2D eigenvalue weighted by atomic mass is 10.2. The summed E-state index contributed by atoms with van der Waals surface area (Å²) in [4.78, 5) is 2.36. The third-order valence-electron chi connectivity index (χ3n) is 2.69. The van der Waals surface area contributed by atoms with Gasteiger partial charge in [0.15, 0.2) is 0 Å². The number of rotatable bonds is 6. The first-order valence-electron chi connectivity index (χ1n) is 5.74. The quantitative estimate of drug-likeness (QED) is 0.798. The molecule has 0 heterocycles. The number of nitrogens with zero attached hydrogens (tertiary/aromatic N) is 1. The van der Waals surface area contributed by atoms with Crippen molar-refractivity contribution < 1.29 is 4.74 Å². The minimum Gasteiger partial charge on any atom is -0.497 e. The smallest absolute Gasteiger partial charge is 0.118 e. The van der Waals surface area contributed by atoms with Gasteiger partial charge in [-0.25, -0.2) is 0 Å². The van der Waals surface area contributed by atoms with E-state index in [4.69, 9.17) is 10.5 Å². The largest absolute Gasteiger partial charge is 0.497 e. The van der Waals surface area contributed by atoms with Gasteiger partial charge in [-0.1, -0.05) is 12.1 Å². The molecule has 0 radical (unpaired) electrons. The Bertz CT molecular complexity index is 295. The number of ether oxygens (including phenoxy) is 1. The Hall–Kier alpha value is -1.06. The van der Waals surface area contributed by atoms with E-state index in [0.717, 1.165) is 18.8 Å². The first-order valence-corrected chi connectivity index (χ1v) is 5.74. The van der Waals surface area contributed by atoms with Gasteiger partial charge in [0, 0.05) is 25.7 Å². The van der Waals surface area contributed by atoms with Gasteiger partial charge in [-0.3, -0.25) is 4.90 Å². The Balaban J connectivity index is 2.62. The van der Waals surface area contributed by atoms with Gasteiger partial charge in [-0.2, -0.15) is 0 Å². The molecule has 90 valence electrons. The van der Waals surface area contributed by atoms with E-state index in [0.29, 0.717) is 12.6 Å². The van der Waals surface area contributed by atoms with Gasteiger partial charge in [0.25, 0.3) is 0 Å². The summed E-state index contributed by atoms with van der Waals surface area (Å²) >= 11 is 0. The van der Waals surface area contributed by atoms with Crippen LogP contribution in [0.15, 0.2) is 24.3 Å². The van der Waals surface area contributed by atoms with Crippen LogP contribution in [0.1, 0.15) is 19.4 Å². The molecule has 0 atom stereocenters. The first-order chi connectivity index (χ1) is 7.67. The van der Waals surface area contributed by atoms with Crippen molar-refractivity contribution in [2.45, 2.75) is 26.4 Å². The van der Waals surface area contributed by atoms with Crippen LogP contribution < -0.4 is 10.5 Å². The van der Waals surface area contributed by atoms with Gasteiger partial charge < -0.3 is 10.5 Å². The summed E-state index contributed by atoms with van der Waals surface area (Å²) in [5.74, 6) is 0.902. The lowest BCUT2D eigenvalue weighted by Gasteiger charge is -2.25. The molecule has 2 N–H and O–H groups in total. The van der Waals surface area contributed by atoms with Crippen LogP contribution in [0.5, 0.6) is 5.75 Å². The van der Waals surface area contributed by atoms with Crippen molar-refractivity contribution in [2.75, 3.05) is 20.2 Å². The number of benzene rings is 1. The van der Waals surface area contributed by atoms with Crippen molar-refractivity contribution in [2.24, 2.45) is 5.73 Å². The molecule has 0 unspecified atom stereocenters. The van der Waals surface area contributed by atoms with E-state index in [-0.39, 0.29) is 0 Å². The molecule has 0 saturated heterocycles. The molecule has 0 aliphatic heterocycles. The fraction of sp³-hybridized carbons (Fsp3) is 0.538. The summed E-state index contributed by atoms with van der Waals surface area (Å²) in [5, 5.41) is 0. The van der Waals surface area contributed by atoms with Crippen LogP contribution in [0.25, 0.3) is 0 Å². The van der Waals surface area contributed by atoms with Crippen LogP contribution in [-0.4, -0.2) is 31.1 Å². The maximum Gasteiger partial charge on any atom is 0.118 e. The number of methoxy groups -OCH3 is 1. The lowest BCUT2D eigenvalue weighted by Crippen LogP contribution is -2.34. The molecule has 1 rings (SSSR count). The summed E-state index contributed by atoms with van der Waals surface area (Å²) in [6.45, 7) is 6.97. The number of nitrogens with two attached hydrogens (primary N) is 1. The molecule has 0 saturated carbocycles. The highest BCUT2D eigenvalue weighted by Gasteiger charge is 2.08. The second kappa shape index (κ2) is 6.51. The predicted octanol–water partition coefficient (Wildman–Crippen LogP) is 1.86. The molecule has 0 aliphatic rings. The molecule has 0 spiro atoms. The van der Waals surface area contributed by atoms with Crippen molar-refractivity contribution >= 4 is 0 Å². The first kappa shape index (κ1) is 13.0.